The lowest BCUT2D eigenvalue weighted by Gasteiger charge is -2.27. The Morgan fingerprint density at radius 2 is 1.14 bits per heavy atom. The van der Waals surface area contributed by atoms with Crippen molar-refractivity contribution < 1.29 is 42.9 Å². The molecule has 0 bridgehead atoms. The zero-order chi connectivity index (χ0) is 36.1. The summed E-state index contributed by atoms with van der Waals surface area (Å²) in [7, 11) is 0. The number of ether oxygens (including phenoxy) is 5. The zero-order valence-corrected chi connectivity index (χ0v) is 31.8. The molecule has 50 heavy (non-hydrogen) atoms. The van der Waals surface area contributed by atoms with Crippen molar-refractivity contribution in [3.63, 3.8) is 0 Å². The van der Waals surface area contributed by atoms with Crippen LogP contribution in [0.1, 0.15) is 182 Å². The van der Waals surface area contributed by atoms with Gasteiger partial charge in [-0.05, 0) is 90.0 Å². The number of cyclic esters (lactones) is 1. The fourth-order valence-electron chi connectivity index (χ4n) is 7.80. The van der Waals surface area contributed by atoms with Crippen molar-refractivity contribution in [1.82, 2.24) is 0 Å². The molecule has 0 spiro atoms. The third-order valence-corrected chi connectivity index (χ3v) is 10.5. The van der Waals surface area contributed by atoms with E-state index in [2.05, 4.69) is 6.92 Å². The first-order valence-electron chi connectivity index (χ1n) is 20.2. The maximum absolute atomic E-state index is 12.5. The number of carbonyl (C=O) groups excluding carboxylic acids is 4. The highest BCUT2D eigenvalue weighted by Crippen LogP contribution is 2.36. The first kappa shape index (κ1) is 42.2. The molecule has 2 fully saturated rings. The van der Waals surface area contributed by atoms with Crippen LogP contribution in [-0.4, -0.2) is 66.4 Å². The molecule has 7 atom stereocenters. The minimum absolute atomic E-state index is 0.0514. The van der Waals surface area contributed by atoms with Crippen LogP contribution in [0.5, 0.6) is 0 Å². The van der Waals surface area contributed by atoms with Crippen molar-refractivity contribution in [3.8, 4) is 0 Å². The number of rotatable bonds is 27. The molecular formula is C41H68O9. The third-order valence-electron chi connectivity index (χ3n) is 10.5. The molecule has 0 saturated carbocycles. The van der Waals surface area contributed by atoms with Crippen LogP contribution in [0.15, 0.2) is 11.6 Å². The Morgan fingerprint density at radius 3 is 1.64 bits per heavy atom. The lowest BCUT2D eigenvalue weighted by Crippen LogP contribution is -2.35. The largest absolute Gasteiger partial charge is 0.460 e. The molecule has 0 radical (unpaired) electrons. The van der Waals surface area contributed by atoms with E-state index in [9.17, 15) is 19.2 Å². The average molecular weight is 705 g/mol. The van der Waals surface area contributed by atoms with Crippen molar-refractivity contribution >= 4 is 23.7 Å². The normalized spacial score (nSPS) is 24.5. The van der Waals surface area contributed by atoms with E-state index in [4.69, 9.17) is 23.7 Å². The van der Waals surface area contributed by atoms with E-state index in [1.54, 1.807) is 0 Å². The van der Waals surface area contributed by atoms with Gasteiger partial charge in [0.25, 0.3) is 0 Å². The summed E-state index contributed by atoms with van der Waals surface area (Å²) in [6.07, 6.45) is 24.2. The monoisotopic (exact) mass is 704 g/mol. The predicted octanol–water partition coefficient (Wildman–Crippen LogP) is 9.21. The Bertz CT molecular complexity index is 1050. The first-order chi connectivity index (χ1) is 24.2. The fourth-order valence-corrected chi connectivity index (χ4v) is 7.80. The predicted molar refractivity (Wildman–Crippen MR) is 194 cm³/mol. The van der Waals surface area contributed by atoms with Gasteiger partial charge in [0, 0.05) is 32.3 Å². The summed E-state index contributed by atoms with van der Waals surface area (Å²) in [5.74, 6) is -0.447. The molecule has 3 heterocycles. The van der Waals surface area contributed by atoms with E-state index in [0.717, 1.165) is 102 Å². The smallest absolute Gasteiger partial charge is 0.334 e. The molecule has 0 amide bonds. The first-order valence-corrected chi connectivity index (χ1v) is 20.2. The number of ketones is 1. The Morgan fingerprint density at radius 1 is 0.680 bits per heavy atom. The van der Waals surface area contributed by atoms with Gasteiger partial charge in [-0.25, -0.2) is 4.79 Å². The standard InChI is InChI=1S/C41H68O9/c1-5-6-7-8-9-10-14-17-23-35(47-31(3)42)37-25-27-39(49-37)40-28-26-38(50-40)36(48-32(4)43)24-19-18-22-34(44)21-16-13-11-12-15-20-33-29-30(2)46-41(33)45/h29-30,35-40H,5-28H2,1-4H3/t30-,35-,36+,37+,38+,39+,40+/m0/s1. The van der Waals surface area contributed by atoms with Gasteiger partial charge < -0.3 is 23.7 Å². The average Bonchev–Trinajstić information content (AvgIpc) is 3.82. The van der Waals surface area contributed by atoms with Crippen LogP contribution in [0, 0.1) is 0 Å². The van der Waals surface area contributed by atoms with Gasteiger partial charge in [-0.3, -0.25) is 14.4 Å². The number of esters is 3. The van der Waals surface area contributed by atoms with Gasteiger partial charge in [-0.1, -0.05) is 71.1 Å². The van der Waals surface area contributed by atoms with E-state index in [1.807, 2.05) is 13.0 Å². The lowest BCUT2D eigenvalue weighted by atomic mass is 9.99. The summed E-state index contributed by atoms with van der Waals surface area (Å²) >= 11 is 0. The summed E-state index contributed by atoms with van der Waals surface area (Å²) in [6.45, 7) is 7.03. The highest BCUT2D eigenvalue weighted by atomic mass is 16.6. The Balaban J connectivity index is 1.30. The summed E-state index contributed by atoms with van der Waals surface area (Å²) in [5.41, 5.74) is 0.800. The molecule has 0 aliphatic carbocycles. The van der Waals surface area contributed by atoms with Crippen LogP contribution in [0.2, 0.25) is 0 Å². The number of unbranched alkanes of at least 4 members (excludes halogenated alkanes) is 12. The summed E-state index contributed by atoms with van der Waals surface area (Å²) in [5, 5.41) is 0. The van der Waals surface area contributed by atoms with Crippen molar-refractivity contribution in [3.05, 3.63) is 11.6 Å². The molecule has 9 nitrogen and oxygen atoms in total. The van der Waals surface area contributed by atoms with E-state index in [0.29, 0.717) is 25.0 Å². The second kappa shape index (κ2) is 24.1. The molecule has 3 aliphatic heterocycles. The van der Waals surface area contributed by atoms with Crippen molar-refractivity contribution in [2.24, 2.45) is 0 Å². The van der Waals surface area contributed by atoms with E-state index < -0.39 is 0 Å². The molecule has 0 aromatic carbocycles. The van der Waals surface area contributed by atoms with Crippen LogP contribution in [0.25, 0.3) is 0 Å². The highest BCUT2D eigenvalue weighted by molar-refractivity contribution is 5.90. The topological polar surface area (TPSA) is 114 Å². The van der Waals surface area contributed by atoms with Gasteiger partial charge in [0.15, 0.2) is 0 Å². The van der Waals surface area contributed by atoms with Gasteiger partial charge in [-0.15, -0.1) is 0 Å². The molecule has 2 saturated heterocycles. The molecule has 3 rings (SSSR count). The van der Waals surface area contributed by atoms with E-state index in [1.165, 1.54) is 52.4 Å². The molecule has 0 unspecified atom stereocenters. The summed E-state index contributed by atoms with van der Waals surface area (Å²) in [4.78, 5) is 48.1. The SMILES string of the molecule is CCCCCCCCCC[C@H](OC(C)=O)[C@H]1CC[C@H]([C@H]2CC[C@H]([C@@H](CCCCC(=O)CCCCCCCC3=C[C@H](C)OC3=O)OC(C)=O)O2)O1. The van der Waals surface area contributed by atoms with Gasteiger partial charge in [0.05, 0.1) is 24.4 Å². The van der Waals surface area contributed by atoms with Gasteiger partial charge >= 0.3 is 17.9 Å². The second-order valence-corrected chi connectivity index (χ2v) is 15.0. The van der Waals surface area contributed by atoms with Crippen LogP contribution in [-0.2, 0) is 42.9 Å². The zero-order valence-electron chi connectivity index (χ0n) is 31.8. The number of hydrogen-bond donors (Lipinski definition) is 0. The molecular weight excluding hydrogens is 636 g/mol. The van der Waals surface area contributed by atoms with Crippen LogP contribution >= 0.6 is 0 Å². The number of hydrogen-bond acceptors (Lipinski definition) is 9. The van der Waals surface area contributed by atoms with Crippen LogP contribution < -0.4 is 0 Å². The minimum Gasteiger partial charge on any atom is -0.460 e. The van der Waals surface area contributed by atoms with Crippen molar-refractivity contribution in [2.75, 3.05) is 0 Å². The highest BCUT2D eigenvalue weighted by Gasteiger charge is 2.42. The third kappa shape index (κ3) is 16.4. The maximum atomic E-state index is 12.5. The van der Waals surface area contributed by atoms with Gasteiger partial charge in [-0.2, -0.15) is 0 Å². The quantitative estimate of drug-likeness (QED) is 0.0469. The Hall–Kier alpha value is -2.26. The van der Waals surface area contributed by atoms with Crippen LogP contribution in [0.3, 0.4) is 0 Å². The van der Waals surface area contributed by atoms with E-state index >= 15 is 0 Å². The minimum atomic E-state index is -0.328. The molecule has 9 heteroatoms. The van der Waals surface area contributed by atoms with Gasteiger partial charge in [0.2, 0.25) is 0 Å². The van der Waals surface area contributed by atoms with Crippen molar-refractivity contribution in [2.45, 2.75) is 225 Å². The number of Topliss-reactive ketones (excluding diaryl/α,β-unsaturated/α-hetero) is 1. The number of carbonyl (C=O) groups is 4. The van der Waals surface area contributed by atoms with E-state index in [-0.39, 0.29) is 60.6 Å². The lowest BCUT2D eigenvalue weighted by molar-refractivity contribution is -0.164. The Labute approximate surface area is 302 Å². The fraction of sp³-hybridized carbons (Fsp3) is 0.854. The van der Waals surface area contributed by atoms with Crippen molar-refractivity contribution in [1.29, 1.82) is 0 Å². The molecule has 286 valence electrons. The Kier molecular flexibility index (Phi) is 20.3. The second-order valence-electron chi connectivity index (χ2n) is 15.0. The summed E-state index contributed by atoms with van der Waals surface area (Å²) in [6, 6.07) is 0. The maximum Gasteiger partial charge on any atom is 0.334 e. The molecule has 0 N–H and O–H groups in total. The van der Waals surface area contributed by atoms with Crippen LogP contribution in [0.4, 0.5) is 0 Å². The molecule has 0 aromatic heterocycles. The summed E-state index contributed by atoms with van der Waals surface area (Å²) < 4.78 is 29.6. The van der Waals surface area contributed by atoms with Gasteiger partial charge in [0.1, 0.15) is 24.1 Å². The molecule has 3 aliphatic rings. The molecule has 0 aromatic rings.